The van der Waals surface area contributed by atoms with Crippen LogP contribution in [0.15, 0.2) is 18.2 Å². The van der Waals surface area contributed by atoms with E-state index in [0.717, 1.165) is 22.7 Å². The van der Waals surface area contributed by atoms with Crippen LogP contribution < -0.4 is 4.74 Å². The number of aldehydes is 1. The third-order valence-electron chi connectivity index (χ3n) is 3.84. The van der Waals surface area contributed by atoms with Crippen molar-refractivity contribution in [2.45, 2.75) is 39.2 Å². The van der Waals surface area contributed by atoms with Gasteiger partial charge in [0.05, 0.1) is 12.2 Å². The molecule has 1 fully saturated rings. The highest BCUT2D eigenvalue weighted by atomic mass is 127. The summed E-state index contributed by atoms with van der Waals surface area (Å²) in [5.41, 5.74) is 0.112. The van der Waals surface area contributed by atoms with Crippen molar-refractivity contribution in [3.8, 4) is 5.75 Å². The molecule has 0 radical (unpaired) electrons. The van der Waals surface area contributed by atoms with Gasteiger partial charge in [-0.1, -0.05) is 0 Å². The van der Waals surface area contributed by atoms with Crippen molar-refractivity contribution in [1.82, 2.24) is 4.90 Å². The number of benzene rings is 1. The van der Waals surface area contributed by atoms with Crippen LogP contribution in [0.3, 0.4) is 0 Å². The van der Waals surface area contributed by atoms with Gasteiger partial charge >= 0.3 is 6.09 Å². The average molecular weight is 445 g/mol. The maximum Gasteiger partial charge on any atom is 0.410 e. The number of halogens is 1. The Bertz CT molecular complexity index is 589. The molecule has 132 valence electrons. The molecule has 5 nitrogen and oxygen atoms in total. The van der Waals surface area contributed by atoms with Crippen molar-refractivity contribution < 1.29 is 19.1 Å². The Morgan fingerprint density at radius 1 is 1.33 bits per heavy atom. The van der Waals surface area contributed by atoms with E-state index in [1.54, 1.807) is 4.90 Å². The van der Waals surface area contributed by atoms with Gasteiger partial charge in [0, 0.05) is 16.7 Å². The molecule has 2 rings (SSSR count). The van der Waals surface area contributed by atoms with E-state index in [1.165, 1.54) is 0 Å². The molecule has 0 aromatic heterocycles. The molecule has 0 unspecified atom stereocenters. The zero-order valence-electron chi connectivity index (χ0n) is 14.4. The number of carbonyl (C=O) groups excluding carboxylic acids is 2. The van der Waals surface area contributed by atoms with Gasteiger partial charge in [0.15, 0.2) is 6.29 Å². The van der Waals surface area contributed by atoms with Gasteiger partial charge in [0.1, 0.15) is 11.4 Å². The standard InChI is InChI=1S/C18H24INO4/c1-18(2,3)24-17(22)20-8-6-13(7-9-20)12-23-16-5-4-15(19)10-14(16)11-21/h4-5,10-11,13H,6-9,12H2,1-3H3. The average Bonchev–Trinajstić information content (AvgIpc) is 2.52. The van der Waals surface area contributed by atoms with Crippen molar-refractivity contribution in [3.05, 3.63) is 27.3 Å². The number of hydrogen-bond acceptors (Lipinski definition) is 4. The molecule has 1 aromatic rings. The molecule has 6 heteroatoms. The van der Waals surface area contributed by atoms with Crippen molar-refractivity contribution in [3.63, 3.8) is 0 Å². The second kappa shape index (κ2) is 8.18. The lowest BCUT2D eigenvalue weighted by Gasteiger charge is -2.33. The number of ether oxygens (including phenoxy) is 2. The van der Waals surface area contributed by atoms with Gasteiger partial charge in [0.2, 0.25) is 0 Å². The first kappa shape index (κ1) is 19.0. The normalized spacial score (nSPS) is 15.9. The van der Waals surface area contributed by atoms with Gasteiger partial charge < -0.3 is 14.4 Å². The van der Waals surface area contributed by atoms with Crippen LogP contribution >= 0.6 is 22.6 Å². The van der Waals surface area contributed by atoms with Gasteiger partial charge in [-0.25, -0.2) is 4.79 Å². The predicted molar refractivity (Wildman–Crippen MR) is 101 cm³/mol. The highest BCUT2D eigenvalue weighted by molar-refractivity contribution is 14.1. The third kappa shape index (κ3) is 5.65. The van der Waals surface area contributed by atoms with E-state index >= 15 is 0 Å². The number of likely N-dealkylation sites (tertiary alicyclic amines) is 1. The molecule has 1 heterocycles. The molecular formula is C18H24INO4. The molecule has 0 bridgehead atoms. The Balaban J connectivity index is 1.81. The quantitative estimate of drug-likeness (QED) is 0.517. The lowest BCUT2D eigenvalue weighted by Crippen LogP contribution is -2.42. The summed E-state index contributed by atoms with van der Waals surface area (Å²) in [6, 6.07) is 5.57. The van der Waals surface area contributed by atoms with Crippen LogP contribution in [0.2, 0.25) is 0 Å². The minimum Gasteiger partial charge on any atom is -0.493 e. The van der Waals surface area contributed by atoms with E-state index in [-0.39, 0.29) is 6.09 Å². The highest BCUT2D eigenvalue weighted by Crippen LogP contribution is 2.24. The Kier molecular flexibility index (Phi) is 6.48. The van der Waals surface area contributed by atoms with Crippen LogP contribution in [-0.4, -0.2) is 42.6 Å². The van der Waals surface area contributed by atoms with Gasteiger partial charge in [-0.05, 0) is 80.3 Å². The van der Waals surface area contributed by atoms with Gasteiger partial charge in [0.25, 0.3) is 0 Å². The summed E-state index contributed by atoms with van der Waals surface area (Å²) in [6.07, 6.45) is 2.32. The summed E-state index contributed by atoms with van der Waals surface area (Å²) in [6.45, 7) is 7.53. The number of carbonyl (C=O) groups is 2. The highest BCUT2D eigenvalue weighted by Gasteiger charge is 2.27. The Morgan fingerprint density at radius 2 is 2.00 bits per heavy atom. The third-order valence-corrected chi connectivity index (χ3v) is 4.51. The van der Waals surface area contributed by atoms with Gasteiger partial charge in [-0.3, -0.25) is 4.79 Å². The fourth-order valence-electron chi connectivity index (χ4n) is 2.56. The number of amides is 1. The second-order valence-electron chi connectivity index (χ2n) is 7.02. The minimum absolute atomic E-state index is 0.247. The molecule has 1 saturated heterocycles. The monoisotopic (exact) mass is 445 g/mol. The molecule has 0 N–H and O–H groups in total. The molecule has 1 amide bonds. The summed E-state index contributed by atoms with van der Waals surface area (Å²) in [4.78, 5) is 24.9. The fourth-order valence-corrected chi connectivity index (χ4v) is 3.07. The SMILES string of the molecule is CC(C)(C)OC(=O)N1CCC(COc2ccc(I)cc2C=O)CC1. The molecule has 1 aromatic carbocycles. The minimum atomic E-state index is -0.465. The summed E-state index contributed by atoms with van der Waals surface area (Å²) >= 11 is 2.17. The molecule has 0 saturated carbocycles. The van der Waals surface area contributed by atoms with E-state index < -0.39 is 5.60 Å². The van der Waals surface area contributed by atoms with Crippen molar-refractivity contribution in [1.29, 1.82) is 0 Å². The van der Waals surface area contributed by atoms with Gasteiger partial charge in [-0.15, -0.1) is 0 Å². The maximum absolute atomic E-state index is 12.0. The fraction of sp³-hybridized carbons (Fsp3) is 0.556. The number of piperidine rings is 1. The molecule has 0 spiro atoms. The van der Waals surface area contributed by atoms with E-state index in [2.05, 4.69) is 22.6 Å². The predicted octanol–water partition coefficient (Wildman–Crippen LogP) is 4.13. The van der Waals surface area contributed by atoms with Crippen LogP contribution in [0.4, 0.5) is 4.79 Å². The topological polar surface area (TPSA) is 55.8 Å². The Hall–Kier alpha value is -1.31. The molecule has 24 heavy (non-hydrogen) atoms. The van der Waals surface area contributed by atoms with E-state index in [9.17, 15) is 9.59 Å². The van der Waals surface area contributed by atoms with Crippen LogP contribution in [0.25, 0.3) is 0 Å². The Labute approximate surface area is 156 Å². The second-order valence-corrected chi connectivity index (χ2v) is 8.27. The van der Waals surface area contributed by atoms with Gasteiger partial charge in [-0.2, -0.15) is 0 Å². The van der Waals surface area contributed by atoms with Crippen molar-refractivity contribution >= 4 is 35.0 Å². The number of nitrogens with zero attached hydrogens (tertiary/aromatic N) is 1. The van der Waals surface area contributed by atoms with E-state index in [1.807, 2.05) is 39.0 Å². The lowest BCUT2D eigenvalue weighted by atomic mass is 9.98. The summed E-state index contributed by atoms with van der Waals surface area (Å²) in [7, 11) is 0. The van der Waals surface area contributed by atoms with Crippen molar-refractivity contribution in [2.24, 2.45) is 5.92 Å². The summed E-state index contributed by atoms with van der Waals surface area (Å²) in [5.74, 6) is 1.00. The summed E-state index contributed by atoms with van der Waals surface area (Å²) in [5, 5.41) is 0. The zero-order chi connectivity index (χ0) is 17.7. The smallest absolute Gasteiger partial charge is 0.410 e. The first-order chi connectivity index (χ1) is 11.3. The van der Waals surface area contributed by atoms with E-state index in [4.69, 9.17) is 9.47 Å². The Morgan fingerprint density at radius 3 is 2.58 bits per heavy atom. The first-order valence-corrected chi connectivity index (χ1v) is 9.22. The molecule has 1 aliphatic rings. The van der Waals surface area contributed by atoms with Crippen molar-refractivity contribution in [2.75, 3.05) is 19.7 Å². The number of rotatable bonds is 4. The maximum atomic E-state index is 12.0. The van der Waals surface area contributed by atoms with Crippen LogP contribution in [0, 0.1) is 9.49 Å². The van der Waals surface area contributed by atoms with E-state index in [0.29, 0.717) is 36.9 Å². The van der Waals surface area contributed by atoms with Crippen LogP contribution in [0.1, 0.15) is 44.0 Å². The molecular weight excluding hydrogens is 421 g/mol. The van der Waals surface area contributed by atoms with Crippen LogP contribution in [-0.2, 0) is 4.74 Å². The molecule has 0 atom stereocenters. The number of hydrogen-bond donors (Lipinski definition) is 0. The molecule has 0 aliphatic carbocycles. The largest absolute Gasteiger partial charge is 0.493 e. The summed E-state index contributed by atoms with van der Waals surface area (Å²) < 4.78 is 12.2. The zero-order valence-corrected chi connectivity index (χ0v) is 16.5. The molecule has 1 aliphatic heterocycles. The first-order valence-electron chi connectivity index (χ1n) is 8.14. The lowest BCUT2D eigenvalue weighted by molar-refractivity contribution is 0.0164. The van der Waals surface area contributed by atoms with Crippen LogP contribution in [0.5, 0.6) is 5.75 Å².